The van der Waals surface area contributed by atoms with Crippen molar-refractivity contribution in [1.82, 2.24) is 15.0 Å². The lowest BCUT2D eigenvalue weighted by atomic mass is 9.87. The van der Waals surface area contributed by atoms with Gasteiger partial charge in [-0.2, -0.15) is 0 Å². The molecule has 1 aromatic heterocycles. The fourth-order valence-electron chi connectivity index (χ4n) is 4.83. The molecule has 0 radical (unpaired) electrons. The zero-order valence-electron chi connectivity index (χ0n) is 17.9. The molecule has 1 fully saturated rings. The van der Waals surface area contributed by atoms with E-state index in [0.29, 0.717) is 11.6 Å². The van der Waals surface area contributed by atoms with Crippen LogP contribution in [-0.4, -0.2) is 46.2 Å². The van der Waals surface area contributed by atoms with Crippen molar-refractivity contribution in [3.8, 4) is 0 Å². The van der Waals surface area contributed by atoms with Crippen molar-refractivity contribution in [3.63, 3.8) is 0 Å². The van der Waals surface area contributed by atoms with E-state index in [1.807, 2.05) is 0 Å². The van der Waals surface area contributed by atoms with Crippen LogP contribution in [-0.2, 0) is 18.4 Å². The molecule has 4 heteroatoms. The van der Waals surface area contributed by atoms with Crippen LogP contribution in [0.1, 0.15) is 71.2 Å². The lowest BCUT2D eigenvalue weighted by Crippen LogP contribution is -2.51. The molecular weight excluding hydrogens is 334 g/mol. The second-order valence-corrected chi connectivity index (χ2v) is 10.5. The van der Waals surface area contributed by atoms with E-state index in [9.17, 15) is 0 Å². The van der Waals surface area contributed by atoms with Crippen LogP contribution in [0.2, 0.25) is 0 Å². The summed E-state index contributed by atoms with van der Waals surface area (Å²) >= 11 is 0. The first kappa shape index (κ1) is 18.9. The number of benzene rings is 1. The van der Waals surface area contributed by atoms with Crippen molar-refractivity contribution in [3.05, 3.63) is 29.0 Å². The Morgan fingerprint density at radius 1 is 1.00 bits per heavy atom. The number of likely N-dealkylation sites (tertiary alicyclic amines) is 1. The van der Waals surface area contributed by atoms with Crippen LogP contribution < -0.4 is 0 Å². The van der Waals surface area contributed by atoms with E-state index in [1.54, 1.807) is 0 Å². The standard InChI is InChI=1S/C23H35N3O/c1-22(2,3)21-19-8-7-16-15-25(12-11-18(16)20(19)27-24-21)17-9-13-26(14-10-17)23(4,5)6/h7-8,17H,9-15H2,1-6H3. The molecule has 1 saturated heterocycles. The summed E-state index contributed by atoms with van der Waals surface area (Å²) in [4.78, 5) is 5.34. The van der Waals surface area contributed by atoms with Crippen molar-refractivity contribution in [2.24, 2.45) is 0 Å². The Morgan fingerprint density at radius 3 is 2.33 bits per heavy atom. The van der Waals surface area contributed by atoms with Gasteiger partial charge in [0.2, 0.25) is 0 Å². The van der Waals surface area contributed by atoms with Crippen molar-refractivity contribution in [1.29, 1.82) is 0 Å². The number of fused-ring (bicyclic) bond motifs is 3. The molecule has 0 aliphatic carbocycles. The third kappa shape index (κ3) is 3.54. The maximum absolute atomic E-state index is 5.83. The Kier molecular flexibility index (Phi) is 4.63. The molecule has 4 nitrogen and oxygen atoms in total. The number of hydrogen-bond acceptors (Lipinski definition) is 4. The minimum Gasteiger partial charge on any atom is -0.356 e. The van der Waals surface area contributed by atoms with E-state index in [4.69, 9.17) is 4.52 Å². The average molecular weight is 370 g/mol. The zero-order chi connectivity index (χ0) is 19.4. The number of rotatable bonds is 1. The molecule has 27 heavy (non-hydrogen) atoms. The Balaban J connectivity index is 1.51. The maximum atomic E-state index is 5.83. The SMILES string of the molecule is CC(C)(C)c1noc2c3c(ccc12)CN(C1CCN(C(C)(C)C)CC1)CC3. The number of nitrogens with zero attached hydrogens (tertiary/aromatic N) is 3. The fraction of sp³-hybridized carbons (Fsp3) is 0.696. The first-order valence-electron chi connectivity index (χ1n) is 10.5. The third-order valence-electron chi connectivity index (χ3n) is 6.50. The van der Waals surface area contributed by atoms with Gasteiger partial charge in [-0.05, 0) is 51.7 Å². The van der Waals surface area contributed by atoms with Gasteiger partial charge in [0.05, 0.1) is 5.69 Å². The van der Waals surface area contributed by atoms with Crippen LogP contribution in [0, 0.1) is 0 Å². The highest BCUT2D eigenvalue weighted by Gasteiger charge is 2.32. The largest absolute Gasteiger partial charge is 0.356 e. The van der Waals surface area contributed by atoms with Crippen LogP contribution in [0.5, 0.6) is 0 Å². The summed E-state index contributed by atoms with van der Waals surface area (Å²) in [7, 11) is 0. The number of piperidine rings is 1. The van der Waals surface area contributed by atoms with Gasteiger partial charge in [0.1, 0.15) is 0 Å². The van der Waals surface area contributed by atoms with Crippen LogP contribution in [0.4, 0.5) is 0 Å². The van der Waals surface area contributed by atoms with E-state index < -0.39 is 0 Å². The van der Waals surface area contributed by atoms with Crippen molar-refractivity contribution in [2.45, 2.75) is 84.3 Å². The molecule has 0 unspecified atom stereocenters. The van der Waals surface area contributed by atoms with Gasteiger partial charge in [-0.1, -0.05) is 32.0 Å². The van der Waals surface area contributed by atoms with Gasteiger partial charge in [-0.15, -0.1) is 0 Å². The van der Waals surface area contributed by atoms with Gasteiger partial charge in [0, 0.05) is 54.1 Å². The van der Waals surface area contributed by atoms with Gasteiger partial charge in [-0.3, -0.25) is 9.80 Å². The minimum atomic E-state index is 0.0151. The molecule has 0 spiro atoms. The molecule has 2 aromatic rings. The molecule has 2 aliphatic rings. The molecule has 3 heterocycles. The van der Waals surface area contributed by atoms with E-state index in [1.165, 1.54) is 42.4 Å². The summed E-state index contributed by atoms with van der Waals surface area (Å²) < 4.78 is 5.83. The molecule has 0 saturated carbocycles. The normalized spacial score (nSPS) is 21.0. The molecule has 0 atom stereocenters. The van der Waals surface area contributed by atoms with Gasteiger partial charge >= 0.3 is 0 Å². The van der Waals surface area contributed by atoms with Crippen molar-refractivity contribution < 1.29 is 4.52 Å². The van der Waals surface area contributed by atoms with Crippen LogP contribution >= 0.6 is 0 Å². The Morgan fingerprint density at radius 2 is 1.70 bits per heavy atom. The predicted molar refractivity (Wildman–Crippen MR) is 111 cm³/mol. The molecular formula is C23H35N3O. The van der Waals surface area contributed by atoms with E-state index in [0.717, 1.165) is 30.8 Å². The topological polar surface area (TPSA) is 32.5 Å². The number of hydrogen-bond donors (Lipinski definition) is 0. The van der Waals surface area contributed by atoms with Gasteiger partial charge < -0.3 is 4.52 Å². The Hall–Kier alpha value is -1.39. The summed E-state index contributed by atoms with van der Waals surface area (Å²) in [5.41, 5.74) is 5.24. The average Bonchev–Trinajstić information content (AvgIpc) is 3.05. The molecule has 2 aliphatic heterocycles. The molecule has 0 amide bonds. The lowest BCUT2D eigenvalue weighted by Gasteiger charge is -2.45. The predicted octanol–water partition coefficient (Wildman–Crippen LogP) is 4.75. The van der Waals surface area contributed by atoms with Gasteiger partial charge in [0.25, 0.3) is 0 Å². The molecule has 148 valence electrons. The van der Waals surface area contributed by atoms with E-state index in [2.05, 4.69) is 68.6 Å². The van der Waals surface area contributed by atoms with Crippen molar-refractivity contribution in [2.75, 3.05) is 19.6 Å². The van der Waals surface area contributed by atoms with Crippen LogP contribution in [0.3, 0.4) is 0 Å². The van der Waals surface area contributed by atoms with Crippen LogP contribution in [0.15, 0.2) is 16.7 Å². The van der Waals surface area contributed by atoms with Gasteiger partial charge in [0.15, 0.2) is 5.58 Å². The highest BCUT2D eigenvalue weighted by molar-refractivity contribution is 5.84. The van der Waals surface area contributed by atoms with E-state index >= 15 is 0 Å². The highest BCUT2D eigenvalue weighted by Crippen LogP contribution is 2.35. The lowest BCUT2D eigenvalue weighted by molar-refractivity contribution is 0.0512. The quantitative estimate of drug-likeness (QED) is 0.726. The first-order valence-corrected chi connectivity index (χ1v) is 10.5. The summed E-state index contributed by atoms with van der Waals surface area (Å²) in [6.45, 7) is 18.2. The smallest absolute Gasteiger partial charge is 0.170 e. The highest BCUT2D eigenvalue weighted by atomic mass is 16.5. The second kappa shape index (κ2) is 6.59. The molecule has 0 N–H and O–H groups in total. The summed E-state index contributed by atoms with van der Waals surface area (Å²) in [6, 6.07) is 5.27. The first-order chi connectivity index (χ1) is 12.6. The summed E-state index contributed by atoms with van der Waals surface area (Å²) in [6.07, 6.45) is 3.64. The summed E-state index contributed by atoms with van der Waals surface area (Å²) in [5.74, 6) is 0. The second-order valence-electron chi connectivity index (χ2n) is 10.5. The monoisotopic (exact) mass is 369 g/mol. The zero-order valence-corrected chi connectivity index (χ0v) is 17.9. The van der Waals surface area contributed by atoms with Gasteiger partial charge in [-0.25, -0.2) is 0 Å². The molecule has 1 aromatic carbocycles. The fourth-order valence-corrected chi connectivity index (χ4v) is 4.83. The summed E-state index contributed by atoms with van der Waals surface area (Å²) in [5, 5.41) is 5.62. The third-order valence-corrected chi connectivity index (χ3v) is 6.50. The Bertz CT molecular complexity index is 816. The Labute approximate surface area is 163 Å². The number of aromatic nitrogens is 1. The molecule has 4 rings (SSSR count). The van der Waals surface area contributed by atoms with Crippen LogP contribution in [0.25, 0.3) is 11.0 Å². The van der Waals surface area contributed by atoms with Crippen molar-refractivity contribution >= 4 is 11.0 Å². The molecule has 0 bridgehead atoms. The maximum Gasteiger partial charge on any atom is 0.170 e. The minimum absolute atomic E-state index is 0.0151. The van der Waals surface area contributed by atoms with E-state index in [-0.39, 0.29) is 5.41 Å².